The van der Waals surface area contributed by atoms with E-state index in [9.17, 15) is 14.7 Å². The Morgan fingerprint density at radius 2 is 1.86 bits per heavy atom. The van der Waals surface area contributed by atoms with Gasteiger partial charge in [0, 0.05) is 29.8 Å². The third-order valence-electron chi connectivity index (χ3n) is 5.78. The fourth-order valence-electron chi connectivity index (χ4n) is 4.04. The highest BCUT2D eigenvalue weighted by atomic mass is 35.5. The van der Waals surface area contributed by atoms with Gasteiger partial charge < -0.3 is 9.67 Å². The van der Waals surface area contributed by atoms with Gasteiger partial charge in [0.15, 0.2) is 0 Å². The Morgan fingerprint density at radius 1 is 1.08 bits per heavy atom. The zero-order valence-electron chi connectivity index (χ0n) is 18.7. The zero-order chi connectivity index (χ0) is 24.9. The Labute approximate surface area is 211 Å². The van der Waals surface area contributed by atoms with Crippen LogP contribution in [-0.2, 0) is 7.05 Å². The van der Waals surface area contributed by atoms with Crippen LogP contribution < -0.4 is 0 Å². The molecule has 0 fully saturated rings. The maximum atomic E-state index is 15.0. The lowest BCUT2D eigenvalue weighted by molar-refractivity contribution is 0.0696. The molecule has 0 aliphatic rings. The van der Waals surface area contributed by atoms with Crippen molar-refractivity contribution in [3.05, 3.63) is 94.7 Å². The molecule has 7 nitrogen and oxygen atoms in total. The van der Waals surface area contributed by atoms with Gasteiger partial charge in [0.05, 0.1) is 33.7 Å². The lowest BCUT2D eigenvalue weighted by atomic mass is 10.0. The topological polar surface area (TPSA) is 90.0 Å². The van der Waals surface area contributed by atoms with Gasteiger partial charge in [-0.2, -0.15) is 9.78 Å². The first-order chi connectivity index (χ1) is 16.7. The minimum absolute atomic E-state index is 0. The van der Waals surface area contributed by atoms with Gasteiger partial charge in [-0.1, -0.05) is 37.2 Å². The second-order valence-corrected chi connectivity index (χ2v) is 8.56. The van der Waals surface area contributed by atoms with Gasteiger partial charge in [-0.15, -0.1) is 0 Å². The highest BCUT2D eigenvalue weighted by molar-refractivity contribution is 6.34. The molecule has 2 aromatic heterocycles. The van der Waals surface area contributed by atoms with E-state index in [1.807, 2.05) is 19.3 Å². The van der Waals surface area contributed by atoms with Crippen molar-refractivity contribution >= 4 is 34.4 Å². The highest BCUT2D eigenvalue weighted by Crippen LogP contribution is 2.34. The number of imidazole rings is 1. The van der Waals surface area contributed by atoms with Crippen molar-refractivity contribution in [1.29, 1.82) is 0 Å². The summed E-state index contributed by atoms with van der Waals surface area (Å²) in [5.74, 6) is -2.47. The zero-order valence-corrected chi connectivity index (χ0v) is 19.4. The first-order valence-corrected chi connectivity index (χ1v) is 11.0. The molecule has 3 aromatic carbocycles. The molecule has 0 unspecified atom stereocenters. The third kappa shape index (κ3) is 4.16. The van der Waals surface area contributed by atoms with Crippen molar-refractivity contribution in [2.24, 2.45) is 7.05 Å². The normalized spacial score (nSPS) is 10.9. The van der Waals surface area contributed by atoms with Crippen molar-refractivity contribution in [3.63, 3.8) is 0 Å². The van der Waals surface area contributed by atoms with E-state index in [4.69, 9.17) is 11.6 Å². The van der Waals surface area contributed by atoms with Gasteiger partial charge in [0.1, 0.15) is 11.5 Å². The predicted octanol–water partition coefficient (Wildman–Crippen LogP) is 6.23. The summed E-state index contributed by atoms with van der Waals surface area (Å²) in [5.41, 5.74) is 2.94. The van der Waals surface area contributed by atoms with Gasteiger partial charge in [-0.3, -0.25) is 4.79 Å². The van der Waals surface area contributed by atoms with E-state index >= 15 is 4.39 Å². The summed E-state index contributed by atoms with van der Waals surface area (Å²) < 4.78 is 18.0. The number of aryl methyl sites for hydroxylation is 2. The van der Waals surface area contributed by atoms with Crippen LogP contribution in [0, 0.1) is 12.7 Å². The van der Waals surface area contributed by atoms with Gasteiger partial charge in [0.2, 0.25) is 0 Å². The Kier molecular flexibility index (Phi) is 6.47. The fourth-order valence-corrected chi connectivity index (χ4v) is 4.34. The number of halogens is 2. The summed E-state index contributed by atoms with van der Waals surface area (Å²) in [4.78, 5) is 29.3. The van der Waals surface area contributed by atoms with E-state index in [0.717, 1.165) is 11.6 Å². The molecule has 2 heterocycles. The Morgan fingerprint density at radius 3 is 2.50 bits per heavy atom. The largest absolute Gasteiger partial charge is 0.478 e. The monoisotopic (exact) mass is 504 g/mol. The molecular weight excluding hydrogens is 483 g/mol. The molecule has 36 heavy (non-hydrogen) atoms. The van der Waals surface area contributed by atoms with Crippen molar-refractivity contribution in [3.8, 4) is 22.5 Å². The maximum absolute atomic E-state index is 15.0. The molecule has 0 bridgehead atoms. The number of carboxylic acid groups (broad SMARTS) is 1. The van der Waals surface area contributed by atoms with E-state index in [2.05, 4.69) is 10.1 Å². The van der Waals surface area contributed by atoms with Crippen LogP contribution >= 0.6 is 11.6 Å². The van der Waals surface area contributed by atoms with E-state index in [1.54, 1.807) is 48.1 Å². The molecule has 0 aliphatic heterocycles. The van der Waals surface area contributed by atoms with Crippen LogP contribution in [0.3, 0.4) is 0 Å². The minimum Gasteiger partial charge on any atom is -0.478 e. The molecule has 182 valence electrons. The van der Waals surface area contributed by atoms with Crippen LogP contribution in [0.2, 0.25) is 5.02 Å². The Hall–Kier alpha value is -4.30. The smallest absolute Gasteiger partial charge is 0.335 e. The van der Waals surface area contributed by atoms with Gasteiger partial charge in [-0.05, 0) is 48.9 Å². The molecule has 5 rings (SSSR count). The van der Waals surface area contributed by atoms with Crippen molar-refractivity contribution < 1.29 is 19.1 Å². The molecule has 1 N–H and O–H groups in total. The van der Waals surface area contributed by atoms with E-state index in [0.29, 0.717) is 22.2 Å². The molecule has 0 saturated heterocycles. The van der Waals surface area contributed by atoms with Crippen LogP contribution in [0.5, 0.6) is 0 Å². The second kappa shape index (κ2) is 9.39. The number of carbonyl (C=O) groups is 2. The molecule has 0 spiro atoms. The number of fused-ring (bicyclic) bond motifs is 1. The number of hydrogen-bond donors (Lipinski definition) is 1. The van der Waals surface area contributed by atoms with Crippen LogP contribution in [0.1, 0.15) is 33.7 Å². The van der Waals surface area contributed by atoms with E-state index < -0.39 is 17.7 Å². The summed E-state index contributed by atoms with van der Waals surface area (Å²) in [6.07, 6.45) is 3.51. The lowest BCUT2D eigenvalue weighted by Gasteiger charge is -2.08. The Bertz CT molecular complexity index is 1630. The number of carbonyl (C=O) groups excluding carboxylic acids is 1. The molecule has 0 radical (unpaired) electrons. The second-order valence-electron chi connectivity index (χ2n) is 8.15. The molecule has 0 atom stereocenters. The fraction of sp³-hybridized carbons (Fsp3) is 0.111. The number of carboxylic acids is 1. The molecule has 9 heteroatoms. The number of benzene rings is 3. The van der Waals surface area contributed by atoms with Gasteiger partial charge >= 0.3 is 5.97 Å². The van der Waals surface area contributed by atoms with Gasteiger partial charge in [-0.25, -0.2) is 14.2 Å². The minimum atomic E-state index is -1.24. The maximum Gasteiger partial charge on any atom is 0.335 e. The number of rotatable bonds is 4. The van der Waals surface area contributed by atoms with Crippen LogP contribution in [-0.4, -0.2) is 36.3 Å². The molecule has 0 saturated carbocycles. The third-order valence-corrected chi connectivity index (χ3v) is 6.10. The van der Waals surface area contributed by atoms with E-state index in [1.165, 1.54) is 16.8 Å². The van der Waals surface area contributed by atoms with Crippen molar-refractivity contribution in [2.75, 3.05) is 0 Å². The summed E-state index contributed by atoms with van der Waals surface area (Å²) in [7, 11) is 1.85. The summed E-state index contributed by atoms with van der Waals surface area (Å²) >= 11 is 6.36. The Balaban J connectivity index is 0.00000304. The SMILES string of the molecule is C.Cc1cccc(Cl)c1C(=O)n1nc(-c2ccc(C(=O)O)cc2F)c2ccc(-c3cn(C)cn3)cc21. The average molecular weight is 505 g/mol. The molecule has 0 amide bonds. The first kappa shape index (κ1) is 24.8. The van der Waals surface area contributed by atoms with Gasteiger partial charge in [0.25, 0.3) is 5.91 Å². The highest BCUT2D eigenvalue weighted by Gasteiger charge is 2.24. The van der Waals surface area contributed by atoms with Crippen molar-refractivity contribution in [2.45, 2.75) is 14.4 Å². The van der Waals surface area contributed by atoms with Crippen LogP contribution in [0.25, 0.3) is 33.4 Å². The molecule has 5 aromatic rings. The van der Waals surface area contributed by atoms with Crippen LogP contribution in [0.15, 0.2) is 67.1 Å². The molecular formula is C27H22ClFN4O3. The molecule has 0 aliphatic carbocycles. The van der Waals surface area contributed by atoms with Crippen LogP contribution in [0.4, 0.5) is 4.39 Å². The standard InChI is InChI=1S/C26H18ClFN4O3.CH4/c1-14-4-3-5-19(27)23(14)25(33)32-22-11-15(21-12-31(2)13-29-21)6-9-18(22)24(30-32)17-8-7-16(26(34)35)10-20(17)28;/h3-13H,1-2H3,(H,34,35);1H4. The first-order valence-electron chi connectivity index (χ1n) is 10.6. The van der Waals surface area contributed by atoms with Crippen molar-refractivity contribution in [1.82, 2.24) is 19.3 Å². The summed E-state index contributed by atoms with van der Waals surface area (Å²) in [5, 5.41) is 14.5. The number of nitrogens with zero attached hydrogens (tertiary/aromatic N) is 4. The predicted molar refractivity (Wildman–Crippen MR) is 137 cm³/mol. The summed E-state index contributed by atoms with van der Waals surface area (Å²) in [6.45, 7) is 1.77. The van der Waals surface area contributed by atoms with E-state index in [-0.39, 0.29) is 34.8 Å². The number of hydrogen-bond acceptors (Lipinski definition) is 4. The average Bonchev–Trinajstić information content (AvgIpc) is 3.42. The number of aromatic nitrogens is 4. The summed E-state index contributed by atoms with van der Waals surface area (Å²) in [6, 6.07) is 14.1. The quantitative estimate of drug-likeness (QED) is 0.313. The lowest BCUT2D eigenvalue weighted by Crippen LogP contribution is -2.15. The number of aromatic carboxylic acids is 1.